The van der Waals surface area contributed by atoms with Gasteiger partial charge in [0.1, 0.15) is 6.61 Å². The summed E-state index contributed by atoms with van der Waals surface area (Å²) in [7, 11) is 0. The predicted octanol–water partition coefficient (Wildman–Crippen LogP) is 2.29. The fourth-order valence-electron chi connectivity index (χ4n) is 1.91. The summed E-state index contributed by atoms with van der Waals surface area (Å²) in [6.07, 6.45) is 1.65. The maximum absolute atomic E-state index is 12.4. The number of anilines is 1. The minimum atomic E-state index is -0.238. The highest BCUT2D eigenvalue weighted by atomic mass is 16.2. The van der Waals surface area contributed by atoms with Crippen LogP contribution in [-0.4, -0.2) is 22.6 Å². The van der Waals surface area contributed by atoms with Crippen LogP contribution in [0, 0.1) is 25.7 Å². The summed E-state index contributed by atoms with van der Waals surface area (Å²) in [5, 5.41) is 11.6. The largest absolute Gasteiger partial charge is 0.384 e. The number of rotatable bonds is 2. The van der Waals surface area contributed by atoms with Crippen molar-refractivity contribution in [2.75, 3.05) is 11.9 Å². The summed E-state index contributed by atoms with van der Waals surface area (Å²) in [6.45, 7) is 3.54. The van der Waals surface area contributed by atoms with Gasteiger partial charge in [-0.25, -0.2) is 0 Å². The number of carbonyl (C=O) groups is 1. The Labute approximate surface area is 123 Å². The van der Waals surface area contributed by atoms with Gasteiger partial charge in [-0.05, 0) is 38.1 Å². The van der Waals surface area contributed by atoms with Gasteiger partial charge >= 0.3 is 0 Å². The molecule has 0 radical (unpaired) electrons. The Morgan fingerprint density at radius 2 is 2.10 bits per heavy atom. The molecular weight excluding hydrogens is 264 g/mol. The molecule has 0 aliphatic carbocycles. The molecule has 4 heteroatoms. The quantitative estimate of drug-likeness (QED) is 0.830. The first-order valence-corrected chi connectivity index (χ1v) is 6.54. The van der Waals surface area contributed by atoms with E-state index in [2.05, 4.69) is 22.1 Å². The number of carbonyl (C=O) groups excluding carboxylic acids is 1. The van der Waals surface area contributed by atoms with E-state index in [0.717, 1.165) is 11.3 Å². The Morgan fingerprint density at radius 3 is 2.81 bits per heavy atom. The summed E-state index contributed by atoms with van der Waals surface area (Å²) in [4.78, 5) is 16.5. The number of aliphatic hydroxyl groups excluding tert-OH is 1. The van der Waals surface area contributed by atoms with E-state index in [1.54, 1.807) is 30.5 Å². The predicted molar refractivity (Wildman–Crippen MR) is 82.1 cm³/mol. The molecule has 4 nitrogen and oxygen atoms in total. The van der Waals surface area contributed by atoms with Crippen molar-refractivity contribution < 1.29 is 9.90 Å². The zero-order valence-corrected chi connectivity index (χ0v) is 12.0. The van der Waals surface area contributed by atoms with Crippen LogP contribution in [0.5, 0.6) is 0 Å². The molecule has 0 spiro atoms. The number of aryl methyl sites for hydroxylation is 2. The number of benzene rings is 1. The number of nitrogens with one attached hydrogen (secondary N) is 1. The van der Waals surface area contributed by atoms with E-state index in [9.17, 15) is 4.79 Å². The lowest BCUT2D eigenvalue weighted by molar-refractivity contribution is 0.102. The molecule has 0 unspecified atom stereocenters. The highest BCUT2D eigenvalue weighted by molar-refractivity contribution is 6.06. The number of aromatic nitrogens is 1. The van der Waals surface area contributed by atoms with Gasteiger partial charge in [0.15, 0.2) is 0 Å². The Bertz CT molecular complexity index is 727. The van der Waals surface area contributed by atoms with Crippen LogP contribution < -0.4 is 5.32 Å². The molecule has 106 valence electrons. The Morgan fingerprint density at radius 1 is 1.29 bits per heavy atom. The van der Waals surface area contributed by atoms with Gasteiger partial charge < -0.3 is 10.4 Å². The van der Waals surface area contributed by atoms with Gasteiger partial charge in [-0.3, -0.25) is 9.78 Å². The van der Waals surface area contributed by atoms with Gasteiger partial charge in [0, 0.05) is 23.1 Å². The van der Waals surface area contributed by atoms with Gasteiger partial charge in [-0.1, -0.05) is 23.5 Å². The second-order valence-electron chi connectivity index (χ2n) is 4.65. The van der Waals surface area contributed by atoms with Crippen LogP contribution in [0.4, 0.5) is 5.69 Å². The standard InChI is InChI=1S/C17H16N2O2/c1-12-5-6-14(4-3-9-20)16(10-12)17(21)19-15-7-8-18-13(2)11-15/h5-8,10-11,20H,9H2,1-2H3,(H,18,19,21). The van der Waals surface area contributed by atoms with Crippen molar-refractivity contribution in [1.29, 1.82) is 0 Å². The molecule has 0 atom stereocenters. The highest BCUT2D eigenvalue weighted by Crippen LogP contribution is 2.14. The van der Waals surface area contributed by atoms with E-state index in [1.165, 1.54) is 0 Å². The van der Waals surface area contributed by atoms with Crippen molar-refractivity contribution in [3.63, 3.8) is 0 Å². The SMILES string of the molecule is Cc1ccc(C#CCO)c(C(=O)Nc2ccnc(C)c2)c1. The highest BCUT2D eigenvalue weighted by Gasteiger charge is 2.11. The molecule has 1 heterocycles. The number of amides is 1. The van der Waals surface area contributed by atoms with Crippen molar-refractivity contribution in [2.24, 2.45) is 0 Å². The summed E-state index contributed by atoms with van der Waals surface area (Å²) in [6, 6.07) is 8.98. The van der Waals surface area contributed by atoms with E-state index in [0.29, 0.717) is 16.8 Å². The molecule has 21 heavy (non-hydrogen) atoms. The lowest BCUT2D eigenvalue weighted by Crippen LogP contribution is -2.14. The molecule has 0 aliphatic rings. The van der Waals surface area contributed by atoms with Crippen molar-refractivity contribution in [1.82, 2.24) is 4.98 Å². The molecular formula is C17H16N2O2. The normalized spacial score (nSPS) is 9.67. The number of hydrogen-bond donors (Lipinski definition) is 2. The third-order valence-electron chi connectivity index (χ3n) is 2.88. The molecule has 2 aromatic rings. The van der Waals surface area contributed by atoms with Gasteiger partial charge in [0.05, 0.1) is 5.56 Å². The lowest BCUT2D eigenvalue weighted by Gasteiger charge is -2.08. The van der Waals surface area contributed by atoms with Crippen molar-refractivity contribution in [3.05, 3.63) is 58.9 Å². The molecule has 0 saturated carbocycles. The van der Waals surface area contributed by atoms with Crippen LogP contribution in [0.3, 0.4) is 0 Å². The van der Waals surface area contributed by atoms with Crippen LogP contribution in [0.2, 0.25) is 0 Å². The Hall–Kier alpha value is -2.64. The van der Waals surface area contributed by atoms with Gasteiger partial charge in [-0.2, -0.15) is 0 Å². The first kappa shape index (κ1) is 14.8. The maximum Gasteiger partial charge on any atom is 0.256 e. The lowest BCUT2D eigenvalue weighted by atomic mass is 10.0. The number of aliphatic hydroxyl groups is 1. The van der Waals surface area contributed by atoms with Crippen molar-refractivity contribution in [3.8, 4) is 11.8 Å². The van der Waals surface area contributed by atoms with Crippen LogP contribution in [-0.2, 0) is 0 Å². The smallest absolute Gasteiger partial charge is 0.256 e. The summed E-state index contributed by atoms with van der Waals surface area (Å²) < 4.78 is 0. The molecule has 1 amide bonds. The maximum atomic E-state index is 12.4. The minimum Gasteiger partial charge on any atom is -0.384 e. The zero-order chi connectivity index (χ0) is 15.2. The fourth-order valence-corrected chi connectivity index (χ4v) is 1.91. The zero-order valence-electron chi connectivity index (χ0n) is 12.0. The molecule has 2 rings (SSSR count). The minimum absolute atomic E-state index is 0.230. The van der Waals surface area contributed by atoms with E-state index >= 15 is 0 Å². The van der Waals surface area contributed by atoms with Crippen molar-refractivity contribution >= 4 is 11.6 Å². The molecule has 0 aliphatic heterocycles. The van der Waals surface area contributed by atoms with Crippen LogP contribution >= 0.6 is 0 Å². The number of hydrogen-bond acceptors (Lipinski definition) is 3. The monoisotopic (exact) mass is 280 g/mol. The molecule has 0 saturated heterocycles. The molecule has 2 N–H and O–H groups in total. The van der Waals surface area contributed by atoms with E-state index in [4.69, 9.17) is 5.11 Å². The summed E-state index contributed by atoms with van der Waals surface area (Å²) in [5.41, 5.74) is 3.58. The van der Waals surface area contributed by atoms with Crippen LogP contribution in [0.1, 0.15) is 27.2 Å². The Kier molecular flexibility index (Phi) is 4.70. The van der Waals surface area contributed by atoms with Gasteiger partial charge in [-0.15, -0.1) is 0 Å². The van der Waals surface area contributed by atoms with Crippen molar-refractivity contribution in [2.45, 2.75) is 13.8 Å². The third-order valence-corrected chi connectivity index (χ3v) is 2.88. The molecule has 0 fully saturated rings. The van der Waals surface area contributed by atoms with E-state index in [-0.39, 0.29) is 12.5 Å². The first-order chi connectivity index (χ1) is 10.1. The fraction of sp³-hybridized carbons (Fsp3) is 0.176. The van der Waals surface area contributed by atoms with Gasteiger partial charge in [0.2, 0.25) is 0 Å². The summed E-state index contributed by atoms with van der Waals surface area (Å²) in [5.74, 6) is 5.13. The van der Waals surface area contributed by atoms with Gasteiger partial charge in [0.25, 0.3) is 5.91 Å². The third kappa shape index (κ3) is 3.91. The molecule has 0 bridgehead atoms. The number of nitrogens with zero attached hydrogens (tertiary/aromatic N) is 1. The van der Waals surface area contributed by atoms with Crippen LogP contribution in [0.15, 0.2) is 36.5 Å². The second-order valence-corrected chi connectivity index (χ2v) is 4.65. The average molecular weight is 280 g/mol. The molecule has 1 aromatic carbocycles. The Balaban J connectivity index is 2.32. The average Bonchev–Trinajstić information content (AvgIpc) is 2.46. The number of pyridine rings is 1. The van der Waals surface area contributed by atoms with Crippen LogP contribution in [0.25, 0.3) is 0 Å². The van der Waals surface area contributed by atoms with E-state index < -0.39 is 0 Å². The topological polar surface area (TPSA) is 62.2 Å². The second kappa shape index (κ2) is 6.69. The first-order valence-electron chi connectivity index (χ1n) is 6.54. The molecule has 1 aromatic heterocycles. The summed E-state index contributed by atoms with van der Waals surface area (Å²) >= 11 is 0. The van der Waals surface area contributed by atoms with E-state index in [1.807, 2.05) is 19.9 Å².